The number of aryl methyl sites for hydroxylation is 1. The number of halogens is 1. The maximum absolute atomic E-state index is 3.66. The highest BCUT2D eigenvalue weighted by Crippen LogP contribution is 2.31. The van der Waals surface area contributed by atoms with Gasteiger partial charge in [0.1, 0.15) is 0 Å². The summed E-state index contributed by atoms with van der Waals surface area (Å²) in [7, 11) is 0. The van der Waals surface area contributed by atoms with Crippen molar-refractivity contribution in [2.45, 2.75) is 25.4 Å². The second-order valence-electron chi connectivity index (χ2n) is 4.38. The Bertz CT molecular complexity index is 520. The molecule has 0 fully saturated rings. The highest BCUT2D eigenvalue weighted by Gasteiger charge is 2.21. The fraction of sp³-hybridized carbons (Fsp3) is 0.286. The summed E-state index contributed by atoms with van der Waals surface area (Å²) in [4.78, 5) is 1.39. The number of hydrogen-bond acceptors (Lipinski definition) is 2. The van der Waals surface area contributed by atoms with Crippen LogP contribution in [-0.4, -0.2) is 0 Å². The SMILES string of the molecule is Brc1ccc(CNC2CCc3ccccc32)s1. The van der Waals surface area contributed by atoms with Crippen molar-refractivity contribution in [2.75, 3.05) is 0 Å². The van der Waals surface area contributed by atoms with Gasteiger partial charge in [-0.3, -0.25) is 0 Å². The van der Waals surface area contributed by atoms with Crippen LogP contribution in [0, 0.1) is 0 Å². The molecule has 1 heterocycles. The Morgan fingerprint density at radius 2 is 2.12 bits per heavy atom. The standard InChI is InChI=1S/C14H14BrNS/c15-14-8-6-11(17-14)9-16-13-7-5-10-3-1-2-4-12(10)13/h1-4,6,8,13,16H,5,7,9H2. The Kier molecular flexibility index (Phi) is 3.32. The van der Waals surface area contributed by atoms with Gasteiger partial charge in [0, 0.05) is 17.5 Å². The summed E-state index contributed by atoms with van der Waals surface area (Å²) >= 11 is 5.31. The highest BCUT2D eigenvalue weighted by molar-refractivity contribution is 9.11. The van der Waals surface area contributed by atoms with Crippen LogP contribution in [-0.2, 0) is 13.0 Å². The Morgan fingerprint density at radius 1 is 1.24 bits per heavy atom. The summed E-state index contributed by atoms with van der Waals surface area (Å²) in [6, 6.07) is 13.6. The lowest BCUT2D eigenvalue weighted by molar-refractivity contribution is 0.533. The number of rotatable bonds is 3. The van der Waals surface area contributed by atoms with E-state index < -0.39 is 0 Å². The third-order valence-corrected chi connectivity index (χ3v) is 4.91. The molecule has 1 nitrogen and oxygen atoms in total. The van der Waals surface area contributed by atoms with Gasteiger partial charge in [0.2, 0.25) is 0 Å². The van der Waals surface area contributed by atoms with E-state index in [0.29, 0.717) is 6.04 Å². The van der Waals surface area contributed by atoms with E-state index in [1.54, 1.807) is 11.3 Å². The lowest BCUT2D eigenvalue weighted by Gasteiger charge is -2.13. The second-order valence-corrected chi connectivity index (χ2v) is 6.92. The molecule has 0 saturated carbocycles. The van der Waals surface area contributed by atoms with E-state index in [2.05, 4.69) is 57.6 Å². The summed E-state index contributed by atoms with van der Waals surface area (Å²) in [6.07, 6.45) is 2.44. The van der Waals surface area contributed by atoms with E-state index in [1.165, 1.54) is 32.6 Å². The Hall–Kier alpha value is -0.640. The van der Waals surface area contributed by atoms with Crippen molar-refractivity contribution in [3.8, 4) is 0 Å². The number of hydrogen-bond donors (Lipinski definition) is 1. The van der Waals surface area contributed by atoms with Gasteiger partial charge in [0.15, 0.2) is 0 Å². The monoisotopic (exact) mass is 307 g/mol. The Balaban J connectivity index is 1.68. The van der Waals surface area contributed by atoms with Crippen LogP contribution < -0.4 is 5.32 Å². The van der Waals surface area contributed by atoms with E-state index in [1.807, 2.05) is 0 Å². The smallest absolute Gasteiger partial charge is 0.0701 e. The van der Waals surface area contributed by atoms with Crippen molar-refractivity contribution in [1.82, 2.24) is 5.32 Å². The molecule has 3 heteroatoms. The van der Waals surface area contributed by atoms with Crippen molar-refractivity contribution in [3.05, 3.63) is 56.2 Å². The average Bonchev–Trinajstić information content (AvgIpc) is 2.93. The third kappa shape index (κ3) is 2.46. The minimum atomic E-state index is 0.534. The zero-order valence-electron chi connectivity index (χ0n) is 9.45. The predicted octanol–water partition coefficient (Wildman–Crippen LogP) is 4.29. The van der Waals surface area contributed by atoms with E-state index in [9.17, 15) is 0 Å². The molecule has 2 aromatic rings. The summed E-state index contributed by atoms with van der Waals surface area (Å²) < 4.78 is 1.21. The fourth-order valence-corrected chi connectivity index (χ4v) is 3.87. The first-order valence-electron chi connectivity index (χ1n) is 5.88. The number of fused-ring (bicyclic) bond motifs is 1. The molecule has 3 rings (SSSR count). The Morgan fingerprint density at radius 3 is 2.94 bits per heavy atom. The molecule has 0 spiro atoms. The van der Waals surface area contributed by atoms with Crippen LogP contribution in [0.5, 0.6) is 0 Å². The lowest BCUT2D eigenvalue weighted by Crippen LogP contribution is -2.17. The van der Waals surface area contributed by atoms with Crippen molar-refractivity contribution in [2.24, 2.45) is 0 Å². The Labute approximate surface area is 114 Å². The first kappa shape index (κ1) is 11.5. The average molecular weight is 308 g/mol. The van der Waals surface area contributed by atoms with Gasteiger partial charge in [0.05, 0.1) is 3.79 Å². The van der Waals surface area contributed by atoms with Crippen LogP contribution in [0.2, 0.25) is 0 Å². The van der Waals surface area contributed by atoms with E-state index in [0.717, 1.165) is 6.54 Å². The van der Waals surface area contributed by atoms with Crippen molar-refractivity contribution in [1.29, 1.82) is 0 Å². The molecular formula is C14H14BrNS. The molecule has 0 radical (unpaired) electrons. The van der Waals surface area contributed by atoms with Crippen molar-refractivity contribution in [3.63, 3.8) is 0 Å². The van der Waals surface area contributed by atoms with Crippen LogP contribution in [0.3, 0.4) is 0 Å². The van der Waals surface area contributed by atoms with Crippen LogP contribution in [0.25, 0.3) is 0 Å². The normalized spacial score (nSPS) is 18.3. The summed E-state index contributed by atoms with van der Waals surface area (Å²) in [6.45, 7) is 0.968. The molecular weight excluding hydrogens is 294 g/mol. The van der Waals surface area contributed by atoms with Crippen LogP contribution in [0.4, 0.5) is 0 Å². The zero-order chi connectivity index (χ0) is 11.7. The van der Waals surface area contributed by atoms with Gasteiger partial charge in [0.25, 0.3) is 0 Å². The second kappa shape index (κ2) is 4.92. The number of nitrogens with one attached hydrogen (secondary N) is 1. The molecule has 1 aromatic heterocycles. The van der Waals surface area contributed by atoms with Crippen LogP contribution in [0.15, 0.2) is 40.2 Å². The minimum absolute atomic E-state index is 0.534. The zero-order valence-corrected chi connectivity index (χ0v) is 11.9. The maximum atomic E-state index is 3.66. The predicted molar refractivity (Wildman–Crippen MR) is 76.4 cm³/mol. The van der Waals surface area contributed by atoms with E-state index in [-0.39, 0.29) is 0 Å². The van der Waals surface area contributed by atoms with Gasteiger partial charge in [-0.05, 0) is 52.0 Å². The highest BCUT2D eigenvalue weighted by atomic mass is 79.9. The molecule has 1 aromatic carbocycles. The molecule has 17 heavy (non-hydrogen) atoms. The van der Waals surface area contributed by atoms with Gasteiger partial charge >= 0.3 is 0 Å². The minimum Gasteiger partial charge on any atom is -0.305 e. The van der Waals surface area contributed by atoms with Crippen molar-refractivity contribution >= 4 is 27.3 Å². The molecule has 1 unspecified atom stereocenters. The molecule has 0 amide bonds. The van der Waals surface area contributed by atoms with Gasteiger partial charge in [-0.1, -0.05) is 24.3 Å². The first-order chi connectivity index (χ1) is 8.33. The van der Waals surface area contributed by atoms with Gasteiger partial charge in [-0.15, -0.1) is 11.3 Å². The number of benzene rings is 1. The van der Waals surface area contributed by atoms with Crippen molar-refractivity contribution < 1.29 is 0 Å². The molecule has 1 aliphatic carbocycles. The number of thiophene rings is 1. The lowest BCUT2D eigenvalue weighted by atomic mass is 10.1. The molecule has 0 saturated heterocycles. The van der Waals surface area contributed by atoms with Crippen LogP contribution >= 0.6 is 27.3 Å². The van der Waals surface area contributed by atoms with Gasteiger partial charge < -0.3 is 5.32 Å². The topological polar surface area (TPSA) is 12.0 Å². The summed E-state index contributed by atoms with van der Waals surface area (Å²) in [5, 5.41) is 3.66. The van der Waals surface area contributed by atoms with Crippen LogP contribution in [0.1, 0.15) is 28.5 Å². The summed E-state index contributed by atoms with van der Waals surface area (Å²) in [5.41, 5.74) is 3.00. The van der Waals surface area contributed by atoms with Gasteiger partial charge in [-0.2, -0.15) is 0 Å². The molecule has 0 bridgehead atoms. The first-order valence-corrected chi connectivity index (χ1v) is 7.49. The molecule has 1 aliphatic rings. The maximum Gasteiger partial charge on any atom is 0.0701 e. The van der Waals surface area contributed by atoms with E-state index in [4.69, 9.17) is 0 Å². The largest absolute Gasteiger partial charge is 0.305 e. The van der Waals surface area contributed by atoms with E-state index >= 15 is 0 Å². The third-order valence-electron chi connectivity index (χ3n) is 3.28. The molecule has 88 valence electrons. The molecule has 0 aliphatic heterocycles. The molecule has 1 N–H and O–H groups in total. The molecule has 1 atom stereocenters. The fourth-order valence-electron chi connectivity index (χ4n) is 2.44. The quantitative estimate of drug-likeness (QED) is 0.892. The summed E-state index contributed by atoms with van der Waals surface area (Å²) in [5.74, 6) is 0. The van der Waals surface area contributed by atoms with Gasteiger partial charge in [-0.25, -0.2) is 0 Å².